The minimum atomic E-state index is -0.282. The summed E-state index contributed by atoms with van der Waals surface area (Å²) in [5.41, 5.74) is 1.73. The minimum absolute atomic E-state index is 0.183. The SMILES string of the molecule is CCC(COC)N1Cc2ccc(F)cc2C1=N. The minimum Gasteiger partial charge on any atom is -0.383 e. The van der Waals surface area contributed by atoms with Crippen LogP contribution in [0.15, 0.2) is 18.2 Å². The van der Waals surface area contributed by atoms with Crippen molar-refractivity contribution >= 4 is 5.84 Å². The van der Waals surface area contributed by atoms with Crippen LogP contribution < -0.4 is 0 Å². The number of benzene rings is 1. The quantitative estimate of drug-likeness (QED) is 0.871. The summed E-state index contributed by atoms with van der Waals surface area (Å²) in [4.78, 5) is 1.98. The first-order chi connectivity index (χ1) is 8.17. The summed E-state index contributed by atoms with van der Waals surface area (Å²) in [6.07, 6.45) is 0.909. The highest BCUT2D eigenvalue weighted by atomic mass is 19.1. The van der Waals surface area contributed by atoms with Crippen LogP contribution in [0.3, 0.4) is 0 Å². The van der Waals surface area contributed by atoms with Gasteiger partial charge in [-0.05, 0) is 24.1 Å². The Morgan fingerprint density at radius 2 is 2.29 bits per heavy atom. The van der Waals surface area contributed by atoms with Gasteiger partial charge in [0.15, 0.2) is 0 Å². The average molecular weight is 236 g/mol. The number of rotatable bonds is 4. The van der Waals surface area contributed by atoms with E-state index in [1.807, 2.05) is 4.90 Å². The molecule has 0 spiro atoms. The van der Waals surface area contributed by atoms with Crippen LogP contribution in [0, 0.1) is 11.2 Å². The molecule has 0 saturated heterocycles. The Morgan fingerprint density at radius 3 is 2.94 bits per heavy atom. The van der Waals surface area contributed by atoms with Gasteiger partial charge in [0.1, 0.15) is 11.7 Å². The van der Waals surface area contributed by atoms with Crippen molar-refractivity contribution in [3.05, 3.63) is 35.1 Å². The molecule has 17 heavy (non-hydrogen) atoms. The molecule has 4 heteroatoms. The van der Waals surface area contributed by atoms with Gasteiger partial charge in [0.25, 0.3) is 0 Å². The van der Waals surface area contributed by atoms with Crippen molar-refractivity contribution in [2.45, 2.75) is 25.9 Å². The fraction of sp³-hybridized carbons (Fsp3) is 0.462. The molecule has 1 aromatic carbocycles. The van der Waals surface area contributed by atoms with E-state index < -0.39 is 0 Å². The molecule has 1 unspecified atom stereocenters. The van der Waals surface area contributed by atoms with Crippen LogP contribution in [-0.4, -0.2) is 30.5 Å². The van der Waals surface area contributed by atoms with E-state index in [-0.39, 0.29) is 11.9 Å². The molecule has 1 aliphatic heterocycles. The monoisotopic (exact) mass is 236 g/mol. The van der Waals surface area contributed by atoms with E-state index in [9.17, 15) is 4.39 Å². The van der Waals surface area contributed by atoms with E-state index in [0.717, 1.165) is 12.0 Å². The Morgan fingerprint density at radius 1 is 1.53 bits per heavy atom. The van der Waals surface area contributed by atoms with Crippen molar-refractivity contribution in [1.29, 1.82) is 5.41 Å². The summed E-state index contributed by atoms with van der Waals surface area (Å²) in [5.74, 6) is 0.124. The lowest BCUT2D eigenvalue weighted by atomic mass is 10.1. The summed E-state index contributed by atoms with van der Waals surface area (Å²) in [6.45, 7) is 3.34. The van der Waals surface area contributed by atoms with Crippen LogP contribution in [0.2, 0.25) is 0 Å². The number of fused-ring (bicyclic) bond motifs is 1. The van der Waals surface area contributed by atoms with E-state index in [2.05, 4.69) is 6.92 Å². The van der Waals surface area contributed by atoms with E-state index in [4.69, 9.17) is 10.1 Å². The first kappa shape index (κ1) is 12.0. The second-order valence-corrected chi connectivity index (χ2v) is 4.30. The molecular formula is C13H17FN2O. The summed E-state index contributed by atoms with van der Waals surface area (Å²) in [7, 11) is 1.66. The van der Waals surface area contributed by atoms with E-state index in [1.54, 1.807) is 13.2 Å². The van der Waals surface area contributed by atoms with Gasteiger partial charge in [-0.25, -0.2) is 4.39 Å². The van der Waals surface area contributed by atoms with Crippen molar-refractivity contribution in [2.24, 2.45) is 0 Å². The molecule has 1 aliphatic rings. The predicted octanol–water partition coefficient (Wildman–Crippen LogP) is 2.39. The first-order valence-electron chi connectivity index (χ1n) is 5.80. The van der Waals surface area contributed by atoms with E-state index in [1.165, 1.54) is 12.1 Å². The maximum absolute atomic E-state index is 13.2. The highest BCUT2D eigenvalue weighted by molar-refractivity contribution is 6.00. The Labute approximate surface area is 101 Å². The molecule has 2 rings (SSSR count). The topological polar surface area (TPSA) is 36.3 Å². The van der Waals surface area contributed by atoms with Gasteiger partial charge in [0.05, 0.1) is 12.6 Å². The molecule has 0 aliphatic carbocycles. The maximum atomic E-state index is 13.2. The normalized spacial score (nSPS) is 16.2. The van der Waals surface area contributed by atoms with E-state index in [0.29, 0.717) is 24.6 Å². The molecule has 0 aromatic heterocycles. The molecule has 92 valence electrons. The van der Waals surface area contributed by atoms with Gasteiger partial charge in [0, 0.05) is 19.2 Å². The zero-order valence-corrected chi connectivity index (χ0v) is 10.2. The molecular weight excluding hydrogens is 219 g/mol. The zero-order valence-electron chi connectivity index (χ0n) is 10.2. The molecule has 1 aromatic rings. The second-order valence-electron chi connectivity index (χ2n) is 4.30. The van der Waals surface area contributed by atoms with Gasteiger partial charge >= 0.3 is 0 Å². The highest BCUT2D eigenvalue weighted by Gasteiger charge is 2.29. The smallest absolute Gasteiger partial charge is 0.129 e. The Balaban J connectivity index is 2.24. The first-order valence-corrected chi connectivity index (χ1v) is 5.80. The largest absolute Gasteiger partial charge is 0.383 e. The second kappa shape index (κ2) is 4.84. The molecule has 0 saturated carbocycles. The zero-order chi connectivity index (χ0) is 12.4. The molecule has 1 N–H and O–H groups in total. The number of halogens is 1. The van der Waals surface area contributed by atoms with Gasteiger partial charge in [-0.3, -0.25) is 5.41 Å². The van der Waals surface area contributed by atoms with Crippen molar-refractivity contribution in [3.63, 3.8) is 0 Å². The molecule has 0 bridgehead atoms. The van der Waals surface area contributed by atoms with Gasteiger partial charge in [0.2, 0.25) is 0 Å². The summed E-state index contributed by atoms with van der Waals surface area (Å²) in [5, 5.41) is 8.10. The number of amidine groups is 1. The van der Waals surface area contributed by atoms with Gasteiger partial charge in [-0.15, -0.1) is 0 Å². The van der Waals surface area contributed by atoms with Crippen molar-refractivity contribution < 1.29 is 9.13 Å². The summed E-state index contributed by atoms with van der Waals surface area (Å²) < 4.78 is 18.3. The number of nitrogens with one attached hydrogen (secondary N) is 1. The van der Waals surface area contributed by atoms with Gasteiger partial charge < -0.3 is 9.64 Å². The number of hydrogen-bond donors (Lipinski definition) is 1. The fourth-order valence-corrected chi connectivity index (χ4v) is 2.26. The van der Waals surface area contributed by atoms with Crippen LogP contribution in [0.4, 0.5) is 4.39 Å². The average Bonchev–Trinajstić information content (AvgIpc) is 2.64. The van der Waals surface area contributed by atoms with Gasteiger partial charge in [-0.2, -0.15) is 0 Å². The molecule has 3 nitrogen and oxygen atoms in total. The fourth-order valence-electron chi connectivity index (χ4n) is 2.26. The lowest BCUT2D eigenvalue weighted by Crippen LogP contribution is -2.38. The standard InChI is InChI=1S/C13H17FN2O/c1-3-11(8-17-2)16-7-9-4-5-10(14)6-12(9)13(16)15/h4-6,11,15H,3,7-8H2,1-2H3. The van der Waals surface area contributed by atoms with Crippen molar-refractivity contribution in [2.75, 3.05) is 13.7 Å². The number of nitrogens with zero attached hydrogens (tertiary/aromatic N) is 1. The Bertz CT molecular complexity index is 433. The summed E-state index contributed by atoms with van der Waals surface area (Å²) >= 11 is 0. The number of methoxy groups -OCH3 is 1. The van der Waals surface area contributed by atoms with Gasteiger partial charge in [-0.1, -0.05) is 13.0 Å². The Hall–Kier alpha value is -1.42. The highest BCUT2D eigenvalue weighted by Crippen LogP contribution is 2.26. The molecule has 0 fully saturated rings. The van der Waals surface area contributed by atoms with Crippen molar-refractivity contribution in [3.8, 4) is 0 Å². The number of ether oxygens (including phenoxy) is 1. The molecule has 1 heterocycles. The lowest BCUT2D eigenvalue weighted by molar-refractivity contribution is 0.125. The number of hydrogen-bond acceptors (Lipinski definition) is 2. The van der Waals surface area contributed by atoms with Crippen LogP contribution >= 0.6 is 0 Å². The van der Waals surface area contributed by atoms with E-state index >= 15 is 0 Å². The third-order valence-corrected chi connectivity index (χ3v) is 3.23. The molecule has 1 atom stereocenters. The summed E-state index contributed by atoms with van der Waals surface area (Å²) in [6, 6.07) is 4.84. The maximum Gasteiger partial charge on any atom is 0.129 e. The van der Waals surface area contributed by atoms with Crippen LogP contribution in [-0.2, 0) is 11.3 Å². The van der Waals surface area contributed by atoms with Crippen LogP contribution in [0.25, 0.3) is 0 Å². The van der Waals surface area contributed by atoms with Crippen molar-refractivity contribution in [1.82, 2.24) is 4.90 Å². The van der Waals surface area contributed by atoms with Crippen LogP contribution in [0.1, 0.15) is 24.5 Å². The molecule has 0 radical (unpaired) electrons. The molecule has 0 amide bonds. The Kier molecular flexibility index (Phi) is 3.43. The van der Waals surface area contributed by atoms with Crippen LogP contribution in [0.5, 0.6) is 0 Å². The third kappa shape index (κ3) is 2.17. The lowest BCUT2D eigenvalue weighted by Gasteiger charge is -2.27. The predicted molar refractivity (Wildman–Crippen MR) is 64.7 cm³/mol. The third-order valence-electron chi connectivity index (χ3n) is 3.23.